The van der Waals surface area contributed by atoms with Gasteiger partial charge >= 0.3 is 0 Å². The number of aromatic nitrogens is 3. The molecule has 0 radical (unpaired) electrons. The van der Waals surface area contributed by atoms with Crippen LogP contribution in [-0.4, -0.2) is 27.1 Å². The Balaban J connectivity index is 1.40. The molecular formula is C23H20ClN5O2. The third kappa shape index (κ3) is 4.90. The van der Waals surface area contributed by atoms with Crippen LogP contribution in [-0.2, 0) is 11.4 Å². The van der Waals surface area contributed by atoms with Gasteiger partial charge in [-0.25, -0.2) is 10.1 Å². The Kier molecular flexibility index (Phi) is 6.24. The average Bonchev–Trinajstić information content (AvgIpc) is 3.23. The molecule has 0 aliphatic carbocycles. The van der Waals surface area contributed by atoms with Crippen molar-refractivity contribution in [3.63, 3.8) is 0 Å². The normalized spacial score (nSPS) is 12.2. The van der Waals surface area contributed by atoms with E-state index in [1.807, 2.05) is 72.8 Å². The largest absolute Gasteiger partial charge is 0.488 e. The summed E-state index contributed by atoms with van der Waals surface area (Å²) in [6.45, 7) is 2.14. The van der Waals surface area contributed by atoms with Crippen LogP contribution < -0.4 is 10.2 Å². The van der Waals surface area contributed by atoms with E-state index in [4.69, 9.17) is 16.3 Å². The van der Waals surface area contributed by atoms with Gasteiger partial charge in [-0.1, -0.05) is 53.2 Å². The van der Waals surface area contributed by atoms with Gasteiger partial charge < -0.3 is 4.74 Å². The molecule has 0 bridgehead atoms. The molecule has 0 aliphatic heterocycles. The van der Waals surface area contributed by atoms with E-state index in [1.54, 1.807) is 17.8 Å². The lowest BCUT2D eigenvalue weighted by Gasteiger charge is -2.11. The number of fused-ring (bicyclic) bond motifs is 1. The molecule has 1 heterocycles. The van der Waals surface area contributed by atoms with Crippen LogP contribution in [0.25, 0.3) is 11.0 Å². The van der Waals surface area contributed by atoms with Crippen LogP contribution >= 0.6 is 11.6 Å². The van der Waals surface area contributed by atoms with Crippen molar-refractivity contribution in [3.8, 4) is 5.75 Å². The van der Waals surface area contributed by atoms with Gasteiger partial charge in [0.15, 0.2) is 0 Å². The summed E-state index contributed by atoms with van der Waals surface area (Å²) in [5.74, 6) is 0.359. The number of carbonyl (C=O) groups excluding carboxylic acids is 1. The average molecular weight is 434 g/mol. The summed E-state index contributed by atoms with van der Waals surface area (Å²) >= 11 is 5.92. The topological polar surface area (TPSA) is 81.4 Å². The molecule has 0 aliphatic rings. The molecule has 0 unspecified atom stereocenters. The predicted octanol–water partition coefficient (Wildman–Crippen LogP) is 4.38. The molecule has 0 fully saturated rings. The number of nitrogens with zero attached hydrogens (tertiary/aromatic N) is 4. The smallest absolute Gasteiger partial charge is 0.264 e. The fourth-order valence-corrected chi connectivity index (χ4v) is 3.13. The summed E-state index contributed by atoms with van der Waals surface area (Å²) in [6.07, 6.45) is 1.56. The van der Waals surface area contributed by atoms with Crippen LogP contribution in [0.2, 0.25) is 5.02 Å². The first-order chi connectivity index (χ1) is 15.1. The van der Waals surface area contributed by atoms with Crippen LogP contribution in [0.5, 0.6) is 5.75 Å². The molecule has 4 rings (SSSR count). The van der Waals surface area contributed by atoms with E-state index in [2.05, 4.69) is 20.8 Å². The van der Waals surface area contributed by atoms with E-state index in [9.17, 15) is 4.79 Å². The van der Waals surface area contributed by atoms with Crippen LogP contribution in [0.3, 0.4) is 0 Å². The van der Waals surface area contributed by atoms with Crippen molar-refractivity contribution in [1.29, 1.82) is 0 Å². The minimum absolute atomic E-state index is 0.300. The molecule has 7 nitrogen and oxygen atoms in total. The third-order valence-corrected chi connectivity index (χ3v) is 4.98. The first-order valence-electron chi connectivity index (χ1n) is 9.71. The van der Waals surface area contributed by atoms with Crippen LogP contribution in [0.1, 0.15) is 24.1 Å². The number of hydrogen-bond donors (Lipinski definition) is 1. The van der Waals surface area contributed by atoms with Crippen LogP contribution in [0, 0.1) is 0 Å². The molecule has 3 aromatic carbocycles. The molecule has 4 aromatic rings. The second-order valence-electron chi connectivity index (χ2n) is 6.89. The van der Waals surface area contributed by atoms with Crippen LogP contribution in [0.4, 0.5) is 0 Å². The Bertz CT molecular complexity index is 1220. The number of ether oxygens (including phenoxy) is 1. The second-order valence-corrected chi connectivity index (χ2v) is 7.32. The Morgan fingerprint density at radius 2 is 1.87 bits per heavy atom. The molecule has 1 atom stereocenters. The number of nitrogens with one attached hydrogen (secondary N) is 1. The zero-order valence-corrected chi connectivity index (χ0v) is 17.5. The summed E-state index contributed by atoms with van der Waals surface area (Å²) in [4.78, 5) is 12.5. The molecule has 156 valence electrons. The van der Waals surface area contributed by atoms with Crippen molar-refractivity contribution >= 4 is 34.8 Å². The molecule has 8 heteroatoms. The standard InChI is InChI=1S/C23H20ClN5O2/c1-16(29-21-8-4-3-7-20(21)26-28-29)23(30)27-25-14-18-6-2-5-9-22(18)31-15-17-10-12-19(24)13-11-17/h2-14,16H,15H2,1H3,(H,27,30)/b25-14-/t16-/m0/s1. The lowest BCUT2D eigenvalue weighted by Crippen LogP contribution is -2.28. The summed E-state index contributed by atoms with van der Waals surface area (Å²) in [5, 5.41) is 12.9. The highest BCUT2D eigenvalue weighted by molar-refractivity contribution is 6.30. The van der Waals surface area contributed by atoms with Gasteiger partial charge in [-0.2, -0.15) is 5.10 Å². The molecule has 1 amide bonds. The van der Waals surface area contributed by atoms with E-state index in [-0.39, 0.29) is 5.91 Å². The number of carbonyl (C=O) groups is 1. The maximum atomic E-state index is 12.5. The van der Waals surface area contributed by atoms with Crippen molar-refractivity contribution < 1.29 is 9.53 Å². The summed E-state index contributed by atoms with van der Waals surface area (Å²) in [7, 11) is 0. The predicted molar refractivity (Wildman–Crippen MR) is 120 cm³/mol. The number of amides is 1. The number of benzene rings is 3. The van der Waals surface area contributed by atoms with Gasteiger partial charge in [0.2, 0.25) is 0 Å². The fourth-order valence-electron chi connectivity index (χ4n) is 3.00. The van der Waals surface area contributed by atoms with Gasteiger partial charge in [0.25, 0.3) is 5.91 Å². The monoisotopic (exact) mass is 433 g/mol. The van der Waals surface area contributed by atoms with E-state index in [0.29, 0.717) is 17.4 Å². The molecular weight excluding hydrogens is 414 g/mol. The zero-order chi connectivity index (χ0) is 21.6. The lowest BCUT2D eigenvalue weighted by molar-refractivity contribution is -0.124. The van der Waals surface area contributed by atoms with Crippen molar-refractivity contribution in [1.82, 2.24) is 20.4 Å². The van der Waals surface area contributed by atoms with Gasteiger partial charge in [0.05, 0.1) is 11.7 Å². The maximum absolute atomic E-state index is 12.5. The molecule has 1 N–H and O–H groups in total. The molecule has 0 spiro atoms. The third-order valence-electron chi connectivity index (χ3n) is 4.73. The highest BCUT2D eigenvalue weighted by Gasteiger charge is 2.18. The Hall–Kier alpha value is -3.71. The lowest BCUT2D eigenvalue weighted by atomic mass is 10.2. The van der Waals surface area contributed by atoms with Gasteiger partial charge in [-0.05, 0) is 48.9 Å². The van der Waals surface area contributed by atoms with Gasteiger partial charge in [-0.3, -0.25) is 4.79 Å². The van der Waals surface area contributed by atoms with Crippen molar-refractivity contribution in [2.24, 2.45) is 5.10 Å². The van der Waals surface area contributed by atoms with Crippen molar-refractivity contribution in [3.05, 3.63) is 88.9 Å². The molecule has 1 aromatic heterocycles. The highest BCUT2D eigenvalue weighted by atomic mass is 35.5. The van der Waals surface area contributed by atoms with Gasteiger partial charge in [-0.15, -0.1) is 5.10 Å². The van der Waals surface area contributed by atoms with E-state index < -0.39 is 6.04 Å². The van der Waals surface area contributed by atoms with Gasteiger partial charge in [0, 0.05) is 10.6 Å². The molecule has 0 saturated carbocycles. The van der Waals surface area contributed by atoms with E-state index in [0.717, 1.165) is 22.2 Å². The highest BCUT2D eigenvalue weighted by Crippen LogP contribution is 2.19. The Morgan fingerprint density at radius 3 is 2.71 bits per heavy atom. The first kappa shape index (κ1) is 20.6. The summed E-state index contributed by atoms with van der Waals surface area (Å²) < 4.78 is 7.48. The van der Waals surface area contributed by atoms with Gasteiger partial charge in [0.1, 0.15) is 23.9 Å². The maximum Gasteiger partial charge on any atom is 0.264 e. The van der Waals surface area contributed by atoms with E-state index in [1.165, 1.54) is 0 Å². The first-order valence-corrected chi connectivity index (χ1v) is 10.1. The Labute approximate surface area is 184 Å². The zero-order valence-electron chi connectivity index (χ0n) is 16.8. The molecule has 0 saturated heterocycles. The van der Waals surface area contributed by atoms with Crippen molar-refractivity contribution in [2.75, 3.05) is 0 Å². The summed E-state index contributed by atoms with van der Waals surface area (Å²) in [5.41, 5.74) is 5.83. The SMILES string of the molecule is C[C@@H](C(=O)N/N=C\c1ccccc1OCc1ccc(Cl)cc1)n1nnc2ccccc21. The van der Waals surface area contributed by atoms with E-state index >= 15 is 0 Å². The fraction of sp³-hybridized carbons (Fsp3) is 0.130. The minimum atomic E-state index is -0.569. The van der Waals surface area contributed by atoms with Crippen LogP contribution in [0.15, 0.2) is 77.9 Å². The minimum Gasteiger partial charge on any atom is -0.488 e. The number of para-hydroxylation sites is 2. The number of rotatable bonds is 7. The number of hydrazone groups is 1. The van der Waals surface area contributed by atoms with Crippen molar-refractivity contribution in [2.45, 2.75) is 19.6 Å². The Morgan fingerprint density at radius 1 is 1.13 bits per heavy atom. The molecule has 31 heavy (non-hydrogen) atoms. The number of hydrogen-bond acceptors (Lipinski definition) is 5. The summed E-state index contributed by atoms with van der Waals surface area (Å²) in [6, 6.07) is 21.8. The number of halogens is 1. The second kappa shape index (κ2) is 9.40. The quantitative estimate of drug-likeness (QED) is 0.346.